The van der Waals surface area contributed by atoms with Crippen molar-refractivity contribution in [2.75, 3.05) is 13.2 Å². The topological polar surface area (TPSA) is 175 Å². The van der Waals surface area contributed by atoms with Gasteiger partial charge >= 0.3 is 5.97 Å². The van der Waals surface area contributed by atoms with Crippen molar-refractivity contribution in [1.29, 1.82) is 0 Å². The molecule has 6 N–H and O–H groups in total. The van der Waals surface area contributed by atoms with Gasteiger partial charge < -0.3 is 45.1 Å². The molecule has 1 rings (SSSR count). The summed E-state index contributed by atoms with van der Waals surface area (Å²) in [5.74, 6) is -1.23. The predicted octanol–water partition coefficient (Wildman–Crippen LogP) is 12.8. The number of hydrogen-bond donors (Lipinski definition) is 6. The van der Waals surface area contributed by atoms with Crippen LogP contribution in [0.3, 0.4) is 0 Å². The van der Waals surface area contributed by atoms with E-state index in [4.69, 9.17) is 14.2 Å². The van der Waals surface area contributed by atoms with Gasteiger partial charge in [0, 0.05) is 6.42 Å². The van der Waals surface area contributed by atoms with E-state index in [0.717, 1.165) is 103 Å². The molecule has 0 radical (unpaired) electrons. The van der Waals surface area contributed by atoms with Crippen LogP contribution < -0.4 is 5.32 Å². The van der Waals surface area contributed by atoms with E-state index in [1.165, 1.54) is 83.5 Å². The molecule has 0 aromatic carbocycles. The number of aliphatic hydroxyl groups excluding tert-OH is 5. The van der Waals surface area contributed by atoms with E-state index in [1.54, 1.807) is 6.08 Å². The number of esters is 1. The van der Waals surface area contributed by atoms with Crippen LogP contribution >= 0.6 is 0 Å². The molecule has 1 amide bonds. The molecule has 1 aliphatic rings. The van der Waals surface area contributed by atoms with Crippen LogP contribution in [0.15, 0.2) is 72.9 Å². The lowest BCUT2D eigenvalue weighted by molar-refractivity contribution is -0.305. The highest BCUT2D eigenvalue weighted by Crippen LogP contribution is 2.26. The van der Waals surface area contributed by atoms with Gasteiger partial charge in [0.25, 0.3) is 0 Å². The van der Waals surface area contributed by atoms with Gasteiger partial charge in [0.1, 0.15) is 24.4 Å². The van der Waals surface area contributed by atoms with Gasteiger partial charge in [-0.1, -0.05) is 209 Å². The number of unbranched alkanes of at least 4 members (excludes halogenated alkanes) is 23. The molecule has 0 aromatic heterocycles. The second-order valence-electron chi connectivity index (χ2n) is 19.7. The standard InChI is InChI=1S/C60H105NO10/c1-4-7-10-13-16-19-22-23-24-25-26-27-28-29-30-31-33-36-39-42-45-48-55(65)71-58-57(67)56(66)54(49-62)70-60(58)69-50-51(52(63)46-43-40-37-35-32-20-17-14-11-8-5-2)61-59(68)53(64)47-44-41-38-34-21-18-15-12-9-6-3/h15-16,18-19,23-24,26-27,29-30,43,46,51-54,56-58,60,62-64,66-67H,4-14,17,20-22,25,28,31-42,44-45,47-50H2,1-3H3,(H,61,68)/b18-15-,19-16-,24-23-,27-26-,30-29-,46-43+. The van der Waals surface area contributed by atoms with Gasteiger partial charge in [-0.3, -0.25) is 9.59 Å². The molecule has 0 bridgehead atoms. The first kappa shape index (κ1) is 66.1. The molecular formula is C60H105NO10. The summed E-state index contributed by atoms with van der Waals surface area (Å²) < 4.78 is 17.5. The van der Waals surface area contributed by atoms with Gasteiger partial charge in [-0.25, -0.2) is 0 Å². The Bertz CT molecular complexity index is 1430. The summed E-state index contributed by atoms with van der Waals surface area (Å²) in [4.78, 5) is 26.4. The SMILES string of the molecule is CCCC/C=C\CCCCCCC(O)C(=O)NC(COC1OC(CO)C(O)C(O)C1OC(=O)CCCCCCC/C=C\C/C=C\C/C=C\C/C=C\CCCCC)C(O)/C=C/CCCCCCCCCCC. The van der Waals surface area contributed by atoms with E-state index in [1.807, 2.05) is 6.08 Å². The van der Waals surface area contributed by atoms with Crippen molar-refractivity contribution >= 4 is 11.9 Å². The fraction of sp³-hybridized carbons (Fsp3) is 0.767. The fourth-order valence-electron chi connectivity index (χ4n) is 8.44. The maximum atomic E-state index is 13.3. The molecule has 71 heavy (non-hydrogen) atoms. The normalized spacial score (nSPS) is 20.1. The van der Waals surface area contributed by atoms with Crippen molar-refractivity contribution in [2.45, 2.75) is 282 Å². The van der Waals surface area contributed by atoms with Crippen LogP contribution in [0.4, 0.5) is 0 Å². The van der Waals surface area contributed by atoms with E-state index >= 15 is 0 Å². The number of carbonyl (C=O) groups excluding carboxylic acids is 2. The van der Waals surface area contributed by atoms with Crippen LogP contribution in [-0.4, -0.2) is 99.6 Å². The minimum atomic E-state index is -1.62. The Kier molecular flexibility index (Phi) is 44.8. The molecule has 0 aromatic rings. The first-order valence-corrected chi connectivity index (χ1v) is 28.7. The lowest BCUT2D eigenvalue weighted by Crippen LogP contribution is -2.61. The van der Waals surface area contributed by atoms with Crippen molar-refractivity contribution < 1.29 is 49.3 Å². The predicted molar refractivity (Wildman–Crippen MR) is 292 cm³/mol. The first-order chi connectivity index (χ1) is 34.7. The van der Waals surface area contributed by atoms with Crippen molar-refractivity contribution in [3.63, 3.8) is 0 Å². The number of rotatable bonds is 47. The third kappa shape index (κ3) is 36.6. The third-order valence-corrected chi connectivity index (χ3v) is 13.1. The van der Waals surface area contributed by atoms with Gasteiger partial charge in [0.2, 0.25) is 5.91 Å². The summed E-state index contributed by atoms with van der Waals surface area (Å²) in [5.41, 5.74) is 0. The van der Waals surface area contributed by atoms with Crippen molar-refractivity contribution in [3.05, 3.63) is 72.9 Å². The average molecular weight is 1000 g/mol. The van der Waals surface area contributed by atoms with E-state index < -0.39 is 67.4 Å². The van der Waals surface area contributed by atoms with E-state index in [2.05, 4.69) is 86.8 Å². The molecule has 1 saturated heterocycles. The molecule has 0 saturated carbocycles. The Morgan fingerprint density at radius 2 is 0.986 bits per heavy atom. The lowest BCUT2D eigenvalue weighted by Gasteiger charge is -2.41. The second kappa shape index (κ2) is 48.1. The molecule has 11 heteroatoms. The zero-order valence-corrected chi connectivity index (χ0v) is 45.1. The van der Waals surface area contributed by atoms with Gasteiger partial charge in [0.15, 0.2) is 12.4 Å². The Hall–Kier alpha value is -2.90. The van der Waals surface area contributed by atoms with Crippen LogP contribution in [0, 0.1) is 0 Å². The average Bonchev–Trinajstić information content (AvgIpc) is 3.37. The third-order valence-electron chi connectivity index (χ3n) is 13.1. The summed E-state index contributed by atoms with van der Waals surface area (Å²) in [7, 11) is 0. The molecule has 410 valence electrons. The van der Waals surface area contributed by atoms with Crippen LogP contribution in [0.25, 0.3) is 0 Å². The van der Waals surface area contributed by atoms with Gasteiger partial charge in [0.05, 0.1) is 25.4 Å². The van der Waals surface area contributed by atoms with Crippen LogP contribution in [0.1, 0.15) is 233 Å². The first-order valence-electron chi connectivity index (χ1n) is 28.7. The largest absolute Gasteiger partial charge is 0.454 e. The maximum absolute atomic E-state index is 13.3. The van der Waals surface area contributed by atoms with Crippen molar-refractivity contribution in [3.8, 4) is 0 Å². The quantitative estimate of drug-likeness (QED) is 0.0196. The molecule has 0 spiro atoms. The number of amides is 1. The lowest BCUT2D eigenvalue weighted by atomic mass is 9.99. The molecule has 11 nitrogen and oxygen atoms in total. The highest BCUT2D eigenvalue weighted by atomic mass is 16.7. The van der Waals surface area contributed by atoms with E-state index in [0.29, 0.717) is 12.8 Å². The maximum Gasteiger partial charge on any atom is 0.306 e. The second-order valence-corrected chi connectivity index (χ2v) is 19.7. The highest BCUT2D eigenvalue weighted by Gasteiger charge is 2.47. The molecule has 1 aliphatic heterocycles. The number of hydrogen-bond acceptors (Lipinski definition) is 10. The summed E-state index contributed by atoms with van der Waals surface area (Å²) >= 11 is 0. The number of carbonyl (C=O) groups is 2. The van der Waals surface area contributed by atoms with Gasteiger partial charge in [-0.15, -0.1) is 0 Å². The van der Waals surface area contributed by atoms with Crippen LogP contribution in [0.5, 0.6) is 0 Å². The fourth-order valence-corrected chi connectivity index (χ4v) is 8.44. The molecule has 8 unspecified atom stereocenters. The van der Waals surface area contributed by atoms with Crippen LogP contribution in [-0.2, 0) is 23.8 Å². The summed E-state index contributed by atoms with van der Waals surface area (Å²) in [6.45, 7) is 5.67. The van der Waals surface area contributed by atoms with E-state index in [-0.39, 0.29) is 19.4 Å². The molecule has 0 aliphatic carbocycles. The Morgan fingerprint density at radius 1 is 0.549 bits per heavy atom. The van der Waals surface area contributed by atoms with Crippen molar-refractivity contribution in [1.82, 2.24) is 5.32 Å². The molecule has 1 heterocycles. The summed E-state index contributed by atoms with van der Waals surface area (Å²) in [6.07, 6.45) is 49.5. The number of nitrogens with one attached hydrogen (secondary N) is 1. The van der Waals surface area contributed by atoms with Crippen LogP contribution in [0.2, 0.25) is 0 Å². The molecule has 8 atom stereocenters. The van der Waals surface area contributed by atoms with Crippen molar-refractivity contribution in [2.24, 2.45) is 0 Å². The Labute approximate surface area is 432 Å². The Morgan fingerprint density at radius 3 is 1.54 bits per heavy atom. The van der Waals surface area contributed by atoms with Gasteiger partial charge in [-0.05, 0) is 89.9 Å². The number of ether oxygens (including phenoxy) is 3. The zero-order chi connectivity index (χ0) is 51.8. The minimum Gasteiger partial charge on any atom is -0.454 e. The molecular weight excluding hydrogens is 895 g/mol. The van der Waals surface area contributed by atoms with E-state index in [9.17, 15) is 35.1 Å². The summed E-state index contributed by atoms with van der Waals surface area (Å²) in [5, 5.41) is 56.7. The number of allylic oxidation sites excluding steroid dienone is 11. The highest BCUT2D eigenvalue weighted by molar-refractivity contribution is 5.80. The summed E-state index contributed by atoms with van der Waals surface area (Å²) in [6, 6.07) is -1.03. The monoisotopic (exact) mass is 1000 g/mol. The zero-order valence-electron chi connectivity index (χ0n) is 45.1. The number of aliphatic hydroxyl groups is 5. The van der Waals surface area contributed by atoms with Gasteiger partial charge in [-0.2, -0.15) is 0 Å². The Balaban J connectivity index is 2.69. The molecule has 1 fully saturated rings. The minimum absolute atomic E-state index is 0.0990. The smallest absolute Gasteiger partial charge is 0.306 e.